The average Bonchev–Trinajstić information content (AvgIpc) is 2.65. The van der Waals surface area contributed by atoms with Crippen LogP contribution in [0.5, 0.6) is 0 Å². The Labute approximate surface area is 104 Å². The molecule has 1 unspecified atom stereocenters. The van der Waals surface area contributed by atoms with Crippen molar-refractivity contribution in [3.05, 3.63) is 11.6 Å². The van der Waals surface area contributed by atoms with Gasteiger partial charge in [0.25, 0.3) is 0 Å². The molecule has 1 N–H and O–H groups in total. The van der Waals surface area contributed by atoms with Gasteiger partial charge in [0, 0.05) is 5.41 Å². The third-order valence-corrected chi connectivity index (χ3v) is 5.54. The Balaban J connectivity index is 2.03. The van der Waals surface area contributed by atoms with Crippen LogP contribution in [0.2, 0.25) is 0 Å². The Kier molecular flexibility index (Phi) is 2.32. The third kappa shape index (κ3) is 1.40. The number of allylic oxidation sites excluding steroid dienone is 2. The van der Waals surface area contributed by atoms with Crippen LogP contribution in [-0.2, 0) is 4.74 Å². The molecule has 2 fully saturated rings. The normalized spacial score (nSPS) is 52.8. The van der Waals surface area contributed by atoms with E-state index in [1.807, 2.05) is 6.92 Å². The summed E-state index contributed by atoms with van der Waals surface area (Å²) >= 11 is 0. The second-order valence-corrected chi connectivity index (χ2v) is 7.04. The van der Waals surface area contributed by atoms with Gasteiger partial charge in [-0.1, -0.05) is 32.4 Å². The maximum atomic E-state index is 10.5. The Morgan fingerprint density at radius 3 is 2.76 bits per heavy atom. The van der Waals surface area contributed by atoms with Crippen molar-refractivity contribution >= 4 is 0 Å². The summed E-state index contributed by atoms with van der Waals surface area (Å²) in [5.41, 5.74) is 1.10. The number of aliphatic hydroxyl groups is 1. The highest BCUT2D eigenvalue weighted by molar-refractivity contribution is 5.26. The van der Waals surface area contributed by atoms with E-state index in [0.717, 1.165) is 19.4 Å². The van der Waals surface area contributed by atoms with Crippen LogP contribution in [0.25, 0.3) is 0 Å². The molecular weight excluding hydrogens is 212 g/mol. The van der Waals surface area contributed by atoms with Crippen molar-refractivity contribution in [3.8, 4) is 0 Å². The van der Waals surface area contributed by atoms with E-state index < -0.39 is 5.60 Å². The molecule has 0 aromatic rings. The predicted molar refractivity (Wildman–Crippen MR) is 67.6 cm³/mol. The lowest BCUT2D eigenvalue weighted by molar-refractivity contribution is -0.0741. The first kappa shape index (κ1) is 11.7. The van der Waals surface area contributed by atoms with Crippen molar-refractivity contribution in [2.24, 2.45) is 23.2 Å². The molecule has 1 heterocycles. The minimum absolute atomic E-state index is 0.0370. The van der Waals surface area contributed by atoms with Gasteiger partial charge in [-0.15, -0.1) is 0 Å². The number of rotatable bonds is 1. The summed E-state index contributed by atoms with van der Waals surface area (Å²) in [5, 5.41) is 10.5. The van der Waals surface area contributed by atoms with Gasteiger partial charge in [0.05, 0.1) is 18.3 Å². The first-order valence-electron chi connectivity index (χ1n) is 6.90. The molecular formula is C15H24O2. The predicted octanol–water partition coefficient (Wildman–Crippen LogP) is 2.76. The van der Waals surface area contributed by atoms with Crippen LogP contribution in [0, 0.1) is 23.2 Å². The Bertz CT molecular complexity index is 369. The minimum Gasteiger partial charge on any atom is -0.387 e. The fourth-order valence-electron chi connectivity index (χ4n) is 4.46. The van der Waals surface area contributed by atoms with Gasteiger partial charge in [0.15, 0.2) is 0 Å². The molecule has 1 aliphatic heterocycles. The van der Waals surface area contributed by atoms with Gasteiger partial charge in [-0.05, 0) is 37.5 Å². The van der Waals surface area contributed by atoms with E-state index in [2.05, 4.69) is 26.8 Å². The summed E-state index contributed by atoms with van der Waals surface area (Å²) in [4.78, 5) is 0. The van der Waals surface area contributed by atoms with Crippen molar-refractivity contribution in [1.29, 1.82) is 0 Å². The van der Waals surface area contributed by atoms with Crippen LogP contribution in [0.3, 0.4) is 0 Å². The molecule has 2 heteroatoms. The molecule has 17 heavy (non-hydrogen) atoms. The molecule has 3 rings (SSSR count). The molecule has 2 nitrogen and oxygen atoms in total. The maximum absolute atomic E-state index is 10.5. The van der Waals surface area contributed by atoms with E-state index in [4.69, 9.17) is 4.74 Å². The largest absolute Gasteiger partial charge is 0.387 e. The number of hydrogen-bond donors (Lipinski definition) is 1. The zero-order valence-corrected chi connectivity index (χ0v) is 11.4. The standard InChI is InChI=1S/C15H24O2/c1-9(2)10-5-11-7-14(3,16)13-15(11,4)12(6-10)8-17-13/h5,9,11-13,16H,6-8H2,1-4H3/t11-,12+,13+,14?,15+/m1/s1. The molecule has 1 saturated carbocycles. The van der Waals surface area contributed by atoms with Crippen LogP contribution in [0.1, 0.15) is 40.5 Å². The summed E-state index contributed by atoms with van der Waals surface area (Å²) in [7, 11) is 0. The van der Waals surface area contributed by atoms with Gasteiger partial charge in [-0.3, -0.25) is 0 Å². The maximum Gasteiger partial charge on any atom is 0.0922 e. The average molecular weight is 236 g/mol. The van der Waals surface area contributed by atoms with E-state index in [9.17, 15) is 5.11 Å². The smallest absolute Gasteiger partial charge is 0.0922 e. The second kappa shape index (κ2) is 3.36. The van der Waals surface area contributed by atoms with Gasteiger partial charge in [-0.25, -0.2) is 0 Å². The van der Waals surface area contributed by atoms with E-state index in [1.54, 1.807) is 5.57 Å². The van der Waals surface area contributed by atoms with Gasteiger partial charge in [-0.2, -0.15) is 0 Å². The van der Waals surface area contributed by atoms with Crippen LogP contribution in [-0.4, -0.2) is 23.4 Å². The van der Waals surface area contributed by atoms with Crippen LogP contribution >= 0.6 is 0 Å². The lowest BCUT2D eigenvalue weighted by atomic mass is 9.63. The lowest BCUT2D eigenvalue weighted by Gasteiger charge is -2.40. The van der Waals surface area contributed by atoms with E-state index >= 15 is 0 Å². The van der Waals surface area contributed by atoms with E-state index in [-0.39, 0.29) is 11.5 Å². The third-order valence-electron chi connectivity index (χ3n) is 5.54. The fourth-order valence-corrected chi connectivity index (χ4v) is 4.46. The van der Waals surface area contributed by atoms with Gasteiger partial charge < -0.3 is 9.84 Å². The number of hydrogen-bond acceptors (Lipinski definition) is 2. The molecule has 3 aliphatic rings. The van der Waals surface area contributed by atoms with Crippen LogP contribution in [0.15, 0.2) is 11.6 Å². The topological polar surface area (TPSA) is 29.5 Å². The van der Waals surface area contributed by atoms with Crippen molar-refractivity contribution < 1.29 is 9.84 Å². The summed E-state index contributed by atoms with van der Waals surface area (Å²) in [6.07, 6.45) is 4.51. The molecule has 0 aromatic carbocycles. The van der Waals surface area contributed by atoms with Crippen molar-refractivity contribution in [2.75, 3.05) is 6.61 Å². The molecule has 2 aliphatic carbocycles. The highest BCUT2D eigenvalue weighted by Crippen LogP contribution is 2.62. The van der Waals surface area contributed by atoms with Gasteiger partial charge >= 0.3 is 0 Å². The van der Waals surface area contributed by atoms with Crippen molar-refractivity contribution in [2.45, 2.75) is 52.2 Å². The van der Waals surface area contributed by atoms with Crippen molar-refractivity contribution in [3.63, 3.8) is 0 Å². The zero-order chi connectivity index (χ0) is 12.4. The highest BCUT2D eigenvalue weighted by atomic mass is 16.5. The lowest BCUT2D eigenvalue weighted by Crippen LogP contribution is -2.43. The molecule has 1 saturated heterocycles. The first-order valence-corrected chi connectivity index (χ1v) is 6.90. The molecule has 0 spiro atoms. The Morgan fingerprint density at radius 1 is 1.41 bits per heavy atom. The highest BCUT2D eigenvalue weighted by Gasteiger charge is 2.65. The molecule has 96 valence electrons. The SMILES string of the molecule is CC(C)C1=C[C@@H]2CC(C)(O)[C@@H]3OC[C@H](C1)[C@]23C. The van der Waals surface area contributed by atoms with Crippen LogP contribution < -0.4 is 0 Å². The monoisotopic (exact) mass is 236 g/mol. The van der Waals surface area contributed by atoms with Crippen LogP contribution in [0.4, 0.5) is 0 Å². The quantitative estimate of drug-likeness (QED) is 0.709. The Morgan fingerprint density at radius 2 is 2.12 bits per heavy atom. The molecule has 0 amide bonds. The molecule has 0 aromatic heterocycles. The first-order chi connectivity index (χ1) is 7.85. The fraction of sp³-hybridized carbons (Fsp3) is 0.867. The van der Waals surface area contributed by atoms with Gasteiger partial charge in [0.2, 0.25) is 0 Å². The van der Waals surface area contributed by atoms with E-state index in [0.29, 0.717) is 17.8 Å². The molecule has 0 radical (unpaired) electrons. The summed E-state index contributed by atoms with van der Waals surface area (Å²) in [5.74, 6) is 1.74. The minimum atomic E-state index is -0.642. The summed E-state index contributed by atoms with van der Waals surface area (Å²) < 4.78 is 5.95. The Hall–Kier alpha value is -0.340. The summed E-state index contributed by atoms with van der Waals surface area (Å²) in [6, 6.07) is 0. The number of ether oxygens (including phenoxy) is 1. The second-order valence-electron chi connectivity index (χ2n) is 7.04. The summed E-state index contributed by atoms with van der Waals surface area (Å²) in [6.45, 7) is 9.66. The van der Waals surface area contributed by atoms with E-state index in [1.165, 1.54) is 0 Å². The molecule has 0 bridgehead atoms. The molecule has 5 atom stereocenters. The zero-order valence-electron chi connectivity index (χ0n) is 11.4. The van der Waals surface area contributed by atoms with Gasteiger partial charge in [0.1, 0.15) is 0 Å². The van der Waals surface area contributed by atoms with Crippen molar-refractivity contribution in [1.82, 2.24) is 0 Å².